The maximum atomic E-state index is 11.1. The second-order valence-corrected chi connectivity index (χ2v) is 6.20. The summed E-state index contributed by atoms with van der Waals surface area (Å²) in [6.45, 7) is 3.87. The van der Waals surface area contributed by atoms with Crippen molar-refractivity contribution in [1.29, 1.82) is 0 Å². The van der Waals surface area contributed by atoms with Crippen LogP contribution in [0.4, 0.5) is 11.5 Å². The van der Waals surface area contributed by atoms with E-state index in [2.05, 4.69) is 16.8 Å². The van der Waals surface area contributed by atoms with Gasteiger partial charge in [-0.2, -0.15) is 11.8 Å². The molecule has 0 aliphatic carbocycles. The standard InChI is InChI=1S/C13H19N3O2S/c1-2-19-11-6-3-4-9-15(10-11)13-12(16(17)18)7-5-8-14-13/h5,7-8,11H,2-4,6,9-10H2,1H3. The van der Waals surface area contributed by atoms with Gasteiger partial charge in [-0.3, -0.25) is 10.1 Å². The summed E-state index contributed by atoms with van der Waals surface area (Å²) < 4.78 is 0. The molecule has 0 aromatic carbocycles. The molecule has 0 bridgehead atoms. The summed E-state index contributed by atoms with van der Waals surface area (Å²) in [4.78, 5) is 17.1. The molecule has 0 radical (unpaired) electrons. The van der Waals surface area contributed by atoms with Crippen LogP contribution in [-0.4, -0.2) is 34.0 Å². The van der Waals surface area contributed by atoms with Gasteiger partial charge in [-0.05, 0) is 24.7 Å². The minimum absolute atomic E-state index is 0.115. The minimum Gasteiger partial charge on any atom is -0.350 e. The van der Waals surface area contributed by atoms with Crippen LogP contribution in [0.3, 0.4) is 0 Å². The molecule has 104 valence electrons. The maximum absolute atomic E-state index is 11.1. The number of aromatic nitrogens is 1. The van der Waals surface area contributed by atoms with Crippen molar-refractivity contribution in [3.8, 4) is 0 Å². The van der Waals surface area contributed by atoms with Gasteiger partial charge >= 0.3 is 5.69 Å². The zero-order valence-electron chi connectivity index (χ0n) is 11.1. The molecule has 1 fully saturated rings. The number of anilines is 1. The monoisotopic (exact) mass is 281 g/mol. The number of thioether (sulfide) groups is 1. The highest BCUT2D eigenvalue weighted by Crippen LogP contribution is 2.29. The zero-order chi connectivity index (χ0) is 13.7. The molecule has 1 atom stereocenters. The van der Waals surface area contributed by atoms with Crippen LogP contribution in [-0.2, 0) is 0 Å². The molecule has 2 heterocycles. The second kappa shape index (κ2) is 6.75. The van der Waals surface area contributed by atoms with Crippen molar-refractivity contribution in [1.82, 2.24) is 4.98 Å². The van der Waals surface area contributed by atoms with Crippen LogP contribution in [0.1, 0.15) is 26.2 Å². The molecule has 6 heteroatoms. The van der Waals surface area contributed by atoms with Crippen LogP contribution in [0.5, 0.6) is 0 Å². The molecular formula is C13H19N3O2S. The smallest absolute Gasteiger partial charge is 0.311 e. The predicted molar refractivity (Wildman–Crippen MR) is 78.9 cm³/mol. The van der Waals surface area contributed by atoms with Crippen molar-refractivity contribution in [3.63, 3.8) is 0 Å². The minimum atomic E-state index is -0.338. The summed E-state index contributed by atoms with van der Waals surface area (Å²) in [5.74, 6) is 1.61. The first-order valence-electron chi connectivity index (χ1n) is 6.68. The first-order chi connectivity index (χ1) is 9.22. The van der Waals surface area contributed by atoms with Gasteiger partial charge in [0.25, 0.3) is 0 Å². The van der Waals surface area contributed by atoms with Gasteiger partial charge in [0.15, 0.2) is 0 Å². The Kier molecular flexibility index (Phi) is 5.01. The quantitative estimate of drug-likeness (QED) is 0.627. The molecule has 1 aromatic rings. The molecule has 1 aromatic heterocycles. The van der Waals surface area contributed by atoms with Gasteiger partial charge in [0.2, 0.25) is 5.82 Å². The van der Waals surface area contributed by atoms with Gasteiger partial charge in [-0.1, -0.05) is 13.3 Å². The molecule has 0 saturated carbocycles. The normalized spacial score (nSPS) is 20.1. The summed E-state index contributed by atoms with van der Waals surface area (Å²) in [6.07, 6.45) is 5.09. The van der Waals surface area contributed by atoms with E-state index in [1.54, 1.807) is 12.3 Å². The van der Waals surface area contributed by atoms with Crippen LogP contribution in [0.15, 0.2) is 18.3 Å². The molecule has 19 heavy (non-hydrogen) atoms. The Balaban J connectivity index is 2.21. The molecule has 0 N–H and O–H groups in total. The Bertz CT molecular complexity index is 442. The summed E-state index contributed by atoms with van der Waals surface area (Å²) in [5.41, 5.74) is 0.115. The molecule has 2 rings (SSSR count). The zero-order valence-corrected chi connectivity index (χ0v) is 11.9. The summed E-state index contributed by atoms with van der Waals surface area (Å²) in [7, 11) is 0. The Morgan fingerprint density at radius 2 is 2.42 bits per heavy atom. The summed E-state index contributed by atoms with van der Waals surface area (Å²) >= 11 is 1.94. The molecule has 0 amide bonds. The number of rotatable bonds is 4. The van der Waals surface area contributed by atoms with Crippen LogP contribution in [0, 0.1) is 10.1 Å². The fraction of sp³-hybridized carbons (Fsp3) is 0.615. The molecule has 1 unspecified atom stereocenters. The molecular weight excluding hydrogens is 262 g/mol. The third-order valence-corrected chi connectivity index (χ3v) is 4.48. The first-order valence-corrected chi connectivity index (χ1v) is 7.73. The number of pyridine rings is 1. The van der Waals surface area contributed by atoms with Gasteiger partial charge in [-0.25, -0.2) is 4.98 Å². The van der Waals surface area contributed by atoms with E-state index < -0.39 is 0 Å². The molecule has 0 spiro atoms. The summed E-state index contributed by atoms with van der Waals surface area (Å²) in [6, 6.07) is 3.16. The SMILES string of the molecule is CCSC1CCCCN(c2ncccc2[N+](=O)[O-])C1. The third-order valence-electron chi connectivity index (χ3n) is 3.29. The first kappa shape index (κ1) is 14.1. The van der Waals surface area contributed by atoms with Gasteiger partial charge < -0.3 is 4.90 Å². The number of hydrogen-bond acceptors (Lipinski definition) is 5. The molecule has 1 aliphatic heterocycles. The van der Waals surface area contributed by atoms with Crippen LogP contribution in [0.2, 0.25) is 0 Å². The molecule has 1 aliphatic rings. The maximum Gasteiger partial charge on any atom is 0.311 e. The van der Waals surface area contributed by atoms with Gasteiger partial charge in [0, 0.05) is 30.6 Å². The second-order valence-electron chi connectivity index (χ2n) is 4.62. The van der Waals surface area contributed by atoms with E-state index in [0.29, 0.717) is 11.1 Å². The molecule has 5 nitrogen and oxygen atoms in total. The lowest BCUT2D eigenvalue weighted by Crippen LogP contribution is -2.31. The summed E-state index contributed by atoms with van der Waals surface area (Å²) in [5, 5.41) is 11.6. The number of nitrogens with zero attached hydrogens (tertiary/aromatic N) is 3. The van der Waals surface area contributed by atoms with Crippen molar-refractivity contribution in [2.75, 3.05) is 23.7 Å². The highest BCUT2D eigenvalue weighted by molar-refractivity contribution is 7.99. The Morgan fingerprint density at radius 3 is 3.16 bits per heavy atom. The highest BCUT2D eigenvalue weighted by atomic mass is 32.2. The highest BCUT2D eigenvalue weighted by Gasteiger charge is 2.24. The van der Waals surface area contributed by atoms with Crippen molar-refractivity contribution in [2.45, 2.75) is 31.4 Å². The topological polar surface area (TPSA) is 59.3 Å². The fourth-order valence-corrected chi connectivity index (χ4v) is 3.53. The van der Waals surface area contributed by atoms with Gasteiger partial charge in [0.1, 0.15) is 0 Å². The average Bonchev–Trinajstić information content (AvgIpc) is 2.65. The Labute approximate surface area is 117 Å². The average molecular weight is 281 g/mol. The third kappa shape index (κ3) is 3.59. The lowest BCUT2D eigenvalue weighted by atomic mass is 10.2. The van der Waals surface area contributed by atoms with E-state index in [-0.39, 0.29) is 10.6 Å². The Hall–Kier alpha value is -1.30. The van der Waals surface area contributed by atoms with E-state index in [0.717, 1.165) is 25.3 Å². The largest absolute Gasteiger partial charge is 0.350 e. The van der Waals surface area contributed by atoms with Gasteiger partial charge in [-0.15, -0.1) is 0 Å². The van der Waals surface area contributed by atoms with Crippen LogP contribution < -0.4 is 4.90 Å². The number of hydrogen-bond donors (Lipinski definition) is 0. The van der Waals surface area contributed by atoms with Crippen molar-refractivity contribution >= 4 is 23.3 Å². The van der Waals surface area contributed by atoms with E-state index in [4.69, 9.17) is 0 Å². The van der Waals surface area contributed by atoms with Crippen molar-refractivity contribution in [2.24, 2.45) is 0 Å². The van der Waals surface area contributed by atoms with E-state index in [9.17, 15) is 10.1 Å². The van der Waals surface area contributed by atoms with E-state index in [1.807, 2.05) is 11.8 Å². The lowest BCUT2D eigenvalue weighted by molar-refractivity contribution is -0.384. The number of nitro groups is 1. The van der Waals surface area contributed by atoms with Crippen molar-refractivity contribution in [3.05, 3.63) is 28.4 Å². The van der Waals surface area contributed by atoms with Crippen LogP contribution in [0.25, 0.3) is 0 Å². The lowest BCUT2D eigenvalue weighted by Gasteiger charge is -2.24. The van der Waals surface area contributed by atoms with Crippen molar-refractivity contribution < 1.29 is 4.92 Å². The predicted octanol–water partition coefficient (Wildman–Crippen LogP) is 3.10. The van der Waals surface area contributed by atoms with Crippen LogP contribution >= 0.6 is 11.8 Å². The van der Waals surface area contributed by atoms with E-state index in [1.165, 1.54) is 18.9 Å². The van der Waals surface area contributed by atoms with Gasteiger partial charge in [0.05, 0.1) is 4.92 Å². The van der Waals surface area contributed by atoms with E-state index >= 15 is 0 Å². The fourth-order valence-electron chi connectivity index (χ4n) is 2.44. The molecule has 1 saturated heterocycles. The Morgan fingerprint density at radius 1 is 1.58 bits per heavy atom.